The topological polar surface area (TPSA) is 144 Å². The summed E-state index contributed by atoms with van der Waals surface area (Å²) in [5, 5.41) is 6.84. The van der Waals surface area contributed by atoms with Gasteiger partial charge in [-0.1, -0.05) is 18.2 Å². The fraction of sp³-hybridized carbons (Fsp3) is 0.303. The van der Waals surface area contributed by atoms with Crippen molar-refractivity contribution >= 4 is 49.8 Å². The summed E-state index contributed by atoms with van der Waals surface area (Å²) in [7, 11) is -2.12. The third-order valence-electron chi connectivity index (χ3n) is 8.44. The van der Waals surface area contributed by atoms with E-state index in [1.54, 1.807) is 50.5 Å². The van der Waals surface area contributed by atoms with Crippen LogP contribution in [0.4, 0.5) is 30.8 Å². The van der Waals surface area contributed by atoms with Gasteiger partial charge in [-0.15, -0.1) is 0 Å². The molecule has 2 amide bonds. The summed E-state index contributed by atoms with van der Waals surface area (Å²) in [5.41, 5.74) is 8.40. The van der Waals surface area contributed by atoms with Crippen LogP contribution in [0.25, 0.3) is 10.8 Å². The third-order valence-corrected chi connectivity index (χ3v) is 10.8. The minimum Gasteiger partial charge on any atom is -0.448 e. The van der Waals surface area contributed by atoms with Crippen LogP contribution < -0.4 is 16.4 Å². The highest BCUT2D eigenvalue weighted by Crippen LogP contribution is 2.37. The van der Waals surface area contributed by atoms with Crippen molar-refractivity contribution in [2.24, 2.45) is 0 Å². The van der Waals surface area contributed by atoms with Crippen LogP contribution in [0, 0.1) is 6.92 Å². The van der Waals surface area contributed by atoms with E-state index in [-0.39, 0.29) is 22.7 Å². The SMILES string of the molecule is Cc1cc2ccc1C(C(F)F)COC(=O)Nc1ccc(S(=O)(=O)C3CC3)c(c1)CN(C)C(=O)C2Nc1ccc2c(N)nccc2c1. The number of alkyl halides is 2. The van der Waals surface area contributed by atoms with Gasteiger partial charge in [0.25, 0.3) is 0 Å². The van der Waals surface area contributed by atoms with Crippen molar-refractivity contribution in [2.75, 3.05) is 30.0 Å². The number of hydrogen-bond donors (Lipinski definition) is 3. The van der Waals surface area contributed by atoms with Crippen LogP contribution >= 0.6 is 0 Å². The lowest BCUT2D eigenvalue weighted by Crippen LogP contribution is -2.35. The van der Waals surface area contributed by atoms with Gasteiger partial charge in [0.2, 0.25) is 12.3 Å². The number of nitrogens with zero attached hydrogens (tertiary/aromatic N) is 2. The molecule has 4 aromatic rings. The molecule has 3 heterocycles. The zero-order valence-electron chi connectivity index (χ0n) is 25.2. The normalized spacial score (nSPS) is 19.3. The Kier molecular flexibility index (Phi) is 8.28. The molecule has 2 atom stereocenters. The second kappa shape index (κ2) is 12.2. The molecule has 1 saturated carbocycles. The number of likely N-dealkylation sites (N-methyl/N-ethyl adjacent to an activating group) is 1. The lowest BCUT2D eigenvalue weighted by molar-refractivity contribution is -0.131. The largest absolute Gasteiger partial charge is 0.448 e. The quantitative estimate of drug-likeness (QED) is 0.247. The predicted octanol–water partition coefficient (Wildman–Crippen LogP) is 5.78. The van der Waals surface area contributed by atoms with Crippen molar-refractivity contribution in [3.8, 4) is 0 Å². The first-order valence-electron chi connectivity index (χ1n) is 14.8. The number of aromatic nitrogens is 1. The van der Waals surface area contributed by atoms with Crippen LogP contribution in [0.5, 0.6) is 0 Å². The molecule has 2 unspecified atom stereocenters. The Labute approximate surface area is 264 Å². The van der Waals surface area contributed by atoms with Gasteiger partial charge in [0.05, 0.1) is 16.1 Å². The number of hydrogen-bond acceptors (Lipinski definition) is 8. The molecular formula is C33H33F2N5O5S. The first kappa shape index (κ1) is 31.2. The van der Waals surface area contributed by atoms with Gasteiger partial charge in [0.15, 0.2) is 9.84 Å². The summed E-state index contributed by atoms with van der Waals surface area (Å²) < 4.78 is 60.5. The molecule has 13 heteroatoms. The lowest BCUT2D eigenvalue weighted by Gasteiger charge is -2.28. The van der Waals surface area contributed by atoms with E-state index in [4.69, 9.17) is 10.5 Å². The number of sulfone groups is 1. The molecule has 3 aliphatic rings. The standard InChI is InChI=1S/C33H33F2N5O5S/c1-18-13-20-3-8-25(18)27(30(34)35)17-45-33(42)39-23-5-10-28(46(43,44)24-6-7-24)21(15-23)16-40(2)32(41)29(20)38-22-4-9-26-19(14-22)11-12-37-31(26)36/h3-5,8-15,24,27,29-30,38H,6-7,16-17H2,1-2H3,(H2,36,37)(H,39,42). The van der Waals surface area contributed by atoms with Gasteiger partial charge in [0.1, 0.15) is 18.5 Å². The van der Waals surface area contributed by atoms with Gasteiger partial charge < -0.3 is 20.7 Å². The van der Waals surface area contributed by atoms with Gasteiger partial charge in [0, 0.05) is 36.6 Å². The second-order valence-corrected chi connectivity index (χ2v) is 13.9. The fourth-order valence-corrected chi connectivity index (χ4v) is 7.69. The zero-order chi connectivity index (χ0) is 32.7. The van der Waals surface area contributed by atoms with E-state index in [0.29, 0.717) is 41.0 Å². The highest BCUT2D eigenvalue weighted by atomic mass is 32.2. The Bertz CT molecular complexity index is 1950. The summed E-state index contributed by atoms with van der Waals surface area (Å²) in [6, 6.07) is 15.3. The first-order chi connectivity index (χ1) is 21.9. The number of rotatable bonds is 5. The summed E-state index contributed by atoms with van der Waals surface area (Å²) in [6.07, 6.45) is -1.12. The number of nitrogens with two attached hydrogens (primary N) is 1. The minimum atomic E-state index is -3.68. The molecule has 0 radical (unpaired) electrons. The van der Waals surface area contributed by atoms with Crippen molar-refractivity contribution in [1.82, 2.24) is 9.88 Å². The second-order valence-electron chi connectivity index (χ2n) is 11.8. The summed E-state index contributed by atoms with van der Waals surface area (Å²) >= 11 is 0. The van der Waals surface area contributed by atoms with Gasteiger partial charge in [-0.3, -0.25) is 10.1 Å². The molecule has 7 rings (SSSR count). The average molecular weight is 650 g/mol. The number of benzene rings is 3. The maximum Gasteiger partial charge on any atom is 0.411 e. The number of nitrogen functional groups attached to an aromatic ring is 1. The van der Waals surface area contributed by atoms with Crippen LogP contribution in [0.15, 0.2) is 71.8 Å². The monoisotopic (exact) mass is 649 g/mol. The number of ether oxygens (including phenoxy) is 1. The van der Waals surface area contributed by atoms with Crippen molar-refractivity contribution in [3.63, 3.8) is 0 Å². The Balaban J connectivity index is 1.45. The molecule has 4 bridgehead atoms. The average Bonchev–Trinajstić information content (AvgIpc) is 3.86. The van der Waals surface area contributed by atoms with Crippen molar-refractivity contribution in [3.05, 3.63) is 89.1 Å². The van der Waals surface area contributed by atoms with E-state index in [1.807, 2.05) is 6.07 Å². The number of aryl methyl sites for hydroxylation is 1. The molecule has 1 aromatic heterocycles. The molecule has 240 valence electrons. The third kappa shape index (κ3) is 6.19. The molecule has 0 spiro atoms. The van der Waals surface area contributed by atoms with E-state index in [2.05, 4.69) is 15.6 Å². The Morgan fingerprint density at radius 2 is 1.85 bits per heavy atom. The molecule has 3 aromatic carbocycles. The molecule has 46 heavy (non-hydrogen) atoms. The highest BCUT2D eigenvalue weighted by Gasteiger charge is 2.39. The lowest BCUT2D eigenvalue weighted by atomic mass is 9.92. The first-order valence-corrected chi connectivity index (χ1v) is 16.3. The number of halogens is 2. The van der Waals surface area contributed by atoms with E-state index < -0.39 is 52.1 Å². The molecule has 0 saturated heterocycles. The number of nitrogens with one attached hydrogen (secondary N) is 2. The fourth-order valence-electron chi connectivity index (χ4n) is 5.83. The maximum absolute atomic E-state index is 14.3. The number of amides is 2. The predicted molar refractivity (Wildman–Crippen MR) is 171 cm³/mol. The Hall–Kier alpha value is -4.78. The Morgan fingerprint density at radius 1 is 1.07 bits per heavy atom. The van der Waals surface area contributed by atoms with Crippen molar-refractivity contribution < 1.29 is 31.5 Å². The Morgan fingerprint density at radius 3 is 2.57 bits per heavy atom. The number of carbonyl (C=O) groups excluding carboxylic acids is 2. The molecule has 2 aliphatic heterocycles. The van der Waals surface area contributed by atoms with Gasteiger partial charge in [-0.2, -0.15) is 0 Å². The van der Waals surface area contributed by atoms with Gasteiger partial charge in [-0.25, -0.2) is 27.0 Å². The number of pyridine rings is 1. The maximum atomic E-state index is 14.3. The summed E-state index contributed by atoms with van der Waals surface area (Å²) in [6.45, 7) is 0.977. The van der Waals surface area contributed by atoms with Gasteiger partial charge in [-0.05, 0) is 89.9 Å². The molecule has 4 N–H and O–H groups in total. The van der Waals surface area contributed by atoms with E-state index in [0.717, 1.165) is 10.8 Å². The van der Waals surface area contributed by atoms with Crippen LogP contribution in [0.3, 0.4) is 0 Å². The van der Waals surface area contributed by atoms with Crippen LogP contribution in [-0.4, -0.2) is 55.6 Å². The van der Waals surface area contributed by atoms with Crippen LogP contribution in [0.2, 0.25) is 0 Å². The molecular weight excluding hydrogens is 616 g/mol. The molecule has 10 nitrogen and oxygen atoms in total. The van der Waals surface area contributed by atoms with E-state index >= 15 is 0 Å². The molecule has 1 fully saturated rings. The number of fused-ring (bicyclic) bond motifs is 10. The highest BCUT2D eigenvalue weighted by molar-refractivity contribution is 7.92. The minimum absolute atomic E-state index is 0.0675. The summed E-state index contributed by atoms with van der Waals surface area (Å²) in [5.74, 6) is -1.45. The van der Waals surface area contributed by atoms with Gasteiger partial charge >= 0.3 is 6.09 Å². The number of carbonyl (C=O) groups is 2. The summed E-state index contributed by atoms with van der Waals surface area (Å²) in [4.78, 5) is 32.5. The molecule has 1 aliphatic carbocycles. The van der Waals surface area contributed by atoms with E-state index in [9.17, 15) is 26.8 Å². The zero-order valence-corrected chi connectivity index (χ0v) is 26.0. The van der Waals surface area contributed by atoms with Crippen LogP contribution in [-0.2, 0) is 25.9 Å². The number of anilines is 3. The van der Waals surface area contributed by atoms with Crippen molar-refractivity contribution in [1.29, 1.82) is 0 Å². The van der Waals surface area contributed by atoms with Crippen LogP contribution in [0.1, 0.15) is 47.1 Å². The van der Waals surface area contributed by atoms with E-state index in [1.165, 1.54) is 29.2 Å². The van der Waals surface area contributed by atoms with Crippen molar-refractivity contribution in [2.45, 2.75) is 54.8 Å². The smallest absolute Gasteiger partial charge is 0.411 e.